The monoisotopic (exact) mass is 327 g/mol. The number of hydrogen-bond donors (Lipinski definition) is 0. The Kier molecular flexibility index (Phi) is 4.47. The summed E-state index contributed by atoms with van der Waals surface area (Å²) in [5.41, 5.74) is 2.26. The van der Waals surface area contributed by atoms with E-state index in [0.29, 0.717) is 10.9 Å². The summed E-state index contributed by atoms with van der Waals surface area (Å²) in [4.78, 5) is 4.00. The molecule has 0 unspecified atom stereocenters. The lowest BCUT2D eigenvalue weighted by Gasteiger charge is -2.09. The maximum Gasteiger partial charge on any atom is 0.191 e. The molecule has 2 rings (SSSR count). The molecule has 100 valence electrons. The van der Waals surface area contributed by atoms with Crippen LogP contribution >= 0.6 is 15.9 Å². The van der Waals surface area contributed by atoms with Gasteiger partial charge in [-0.25, -0.2) is 8.78 Å². The summed E-state index contributed by atoms with van der Waals surface area (Å²) in [6, 6.07) is 4.36. The number of alkyl halides is 1. The van der Waals surface area contributed by atoms with Gasteiger partial charge in [-0.2, -0.15) is 0 Å². The van der Waals surface area contributed by atoms with E-state index in [1.54, 1.807) is 12.4 Å². The number of hydrogen-bond acceptors (Lipinski definition) is 2. The Bertz CT molecular complexity index is 566. The molecule has 0 atom stereocenters. The molecule has 5 heteroatoms. The van der Waals surface area contributed by atoms with Crippen molar-refractivity contribution >= 4 is 15.9 Å². The standard InChI is InChI=1S/C14H12BrF2NO/c1-9-2-11(7-18-6-9)8-19-14-12(16)3-10(5-15)4-13(14)17/h2-4,6-7H,5,8H2,1H3. The van der Waals surface area contributed by atoms with Gasteiger partial charge >= 0.3 is 0 Å². The minimum Gasteiger partial charge on any atom is -0.483 e. The van der Waals surface area contributed by atoms with Gasteiger partial charge in [0.1, 0.15) is 6.61 Å². The van der Waals surface area contributed by atoms with Gasteiger partial charge in [-0.15, -0.1) is 0 Å². The summed E-state index contributed by atoms with van der Waals surface area (Å²) in [6.45, 7) is 1.97. The third kappa shape index (κ3) is 3.50. The molecule has 0 bridgehead atoms. The lowest BCUT2D eigenvalue weighted by molar-refractivity contribution is 0.273. The Balaban J connectivity index is 2.16. The molecule has 0 saturated heterocycles. The SMILES string of the molecule is Cc1cncc(COc2c(F)cc(CBr)cc2F)c1. The van der Waals surface area contributed by atoms with Crippen molar-refractivity contribution in [3.05, 3.63) is 58.9 Å². The smallest absolute Gasteiger partial charge is 0.191 e. The first-order chi connectivity index (χ1) is 9.10. The first-order valence-corrected chi connectivity index (χ1v) is 6.79. The Morgan fingerprint density at radius 1 is 1.11 bits per heavy atom. The van der Waals surface area contributed by atoms with Crippen LogP contribution in [-0.2, 0) is 11.9 Å². The van der Waals surface area contributed by atoms with Gasteiger partial charge in [-0.05, 0) is 36.2 Å². The predicted octanol–water partition coefficient (Wildman–Crippen LogP) is 4.14. The van der Waals surface area contributed by atoms with Crippen molar-refractivity contribution in [2.24, 2.45) is 0 Å². The Morgan fingerprint density at radius 2 is 1.79 bits per heavy atom. The zero-order valence-electron chi connectivity index (χ0n) is 10.3. The third-order valence-electron chi connectivity index (χ3n) is 2.53. The average molecular weight is 328 g/mol. The van der Waals surface area contributed by atoms with Gasteiger partial charge in [0.05, 0.1) is 0 Å². The van der Waals surface area contributed by atoms with Gasteiger partial charge in [-0.3, -0.25) is 4.98 Å². The molecule has 0 aliphatic heterocycles. The number of benzene rings is 1. The summed E-state index contributed by atoms with van der Waals surface area (Å²) < 4.78 is 32.6. The van der Waals surface area contributed by atoms with Crippen molar-refractivity contribution in [3.63, 3.8) is 0 Å². The van der Waals surface area contributed by atoms with Crippen molar-refractivity contribution in [1.82, 2.24) is 4.98 Å². The second kappa shape index (κ2) is 6.10. The molecule has 0 saturated carbocycles. The number of ether oxygens (including phenoxy) is 1. The number of halogens is 3. The summed E-state index contributed by atoms with van der Waals surface area (Å²) in [6.07, 6.45) is 3.31. The van der Waals surface area contributed by atoms with Crippen molar-refractivity contribution in [2.75, 3.05) is 0 Å². The fourth-order valence-corrected chi connectivity index (χ4v) is 2.00. The molecule has 0 aliphatic rings. The molecular weight excluding hydrogens is 316 g/mol. The van der Waals surface area contributed by atoms with Crippen LogP contribution in [0.1, 0.15) is 16.7 Å². The number of pyridine rings is 1. The van der Waals surface area contributed by atoms with Crippen LogP contribution in [0.5, 0.6) is 5.75 Å². The third-order valence-corrected chi connectivity index (χ3v) is 3.17. The lowest BCUT2D eigenvalue weighted by Crippen LogP contribution is -2.01. The molecule has 0 amide bonds. The zero-order chi connectivity index (χ0) is 13.8. The first-order valence-electron chi connectivity index (χ1n) is 5.67. The Hall–Kier alpha value is -1.49. The molecule has 2 aromatic rings. The van der Waals surface area contributed by atoms with Crippen LogP contribution in [0.2, 0.25) is 0 Å². The van der Waals surface area contributed by atoms with E-state index in [2.05, 4.69) is 20.9 Å². The fraction of sp³-hybridized carbons (Fsp3) is 0.214. The molecule has 0 fully saturated rings. The van der Waals surface area contributed by atoms with E-state index in [-0.39, 0.29) is 12.4 Å². The maximum atomic E-state index is 13.7. The summed E-state index contributed by atoms with van der Waals surface area (Å²) in [5, 5.41) is 0.392. The average Bonchev–Trinajstić information content (AvgIpc) is 2.37. The van der Waals surface area contributed by atoms with Gasteiger partial charge in [0, 0.05) is 23.3 Å². The van der Waals surface area contributed by atoms with Crippen LogP contribution in [0.4, 0.5) is 8.78 Å². The van der Waals surface area contributed by atoms with Crippen LogP contribution in [0.15, 0.2) is 30.6 Å². The zero-order valence-corrected chi connectivity index (χ0v) is 11.9. The largest absolute Gasteiger partial charge is 0.483 e. The molecule has 1 aromatic carbocycles. The van der Waals surface area contributed by atoms with Gasteiger partial charge < -0.3 is 4.74 Å². The van der Waals surface area contributed by atoms with Crippen molar-refractivity contribution < 1.29 is 13.5 Å². The van der Waals surface area contributed by atoms with Crippen LogP contribution < -0.4 is 4.74 Å². The van der Waals surface area contributed by atoms with Gasteiger partial charge in [0.2, 0.25) is 0 Å². The Labute approximate surface area is 118 Å². The fourth-order valence-electron chi connectivity index (χ4n) is 1.68. The second-order valence-corrected chi connectivity index (χ2v) is 4.74. The number of nitrogens with zero attached hydrogens (tertiary/aromatic N) is 1. The van der Waals surface area contributed by atoms with E-state index in [0.717, 1.165) is 11.1 Å². The van der Waals surface area contributed by atoms with Crippen LogP contribution in [0.3, 0.4) is 0 Å². The van der Waals surface area contributed by atoms with Gasteiger partial charge in [-0.1, -0.05) is 15.9 Å². The highest BCUT2D eigenvalue weighted by molar-refractivity contribution is 9.08. The molecule has 2 nitrogen and oxygen atoms in total. The molecule has 1 aromatic heterocycles. The second-order valence-electron chi connectivity index (χ2n) is 4.18. The van der Waals surface area contributed by atoms with E-state index >= 15 is 0 Å². The minimum atomic E-state index is -0.699. The first kappa shape index (κ1) is 13.9. The number of aromatic nitrogens is 1. The van der Waals surface area contributed by atoms with Crippen LogP contribution in [0, 0.1) is 18.6 Å². The van der Waals surface area contributed by atoms with Crippen LogP contribution in [-0.4, -0.2) is 4.98 Å². The van der Waals surface area contributed by atoms with E-state index in [9.17, 15) is 8.78 Å². The molecule has 0 spiro atoms. The molecule has 19 heavy (non-hydrogen) atoms. The normalized spacial score (nSPS) is 10.5. The summed E-state index contributed by atoms with van der Waals surface area (Å²) in [5.74, 6) is -1.75. The van der Waals surface area contributed by atoms with E-state index in [1.165, 1.54) is 12.1 Å². The molecule has 0 aliphatic carbocycles. The molecule has 0 radical (unpaired) electrons. The van der Waals surface area contributed by atoms with Crippen LogP contribution in [0.25, 0.3) is 0 Å². The molecular formula is C14H12BrF2NO. The topological polar surface area (TPSA) is 22.1 Å². The van der Waals surface area contributed by atoms with E-state index in [4.69, 9.17) is 4.74 Å². The highest BCUT2D eigenvalue weighted by Crippen LogP contribution is 2.25. The van der Waals surface area contributed by atoms with Crippen molar-refractivity contribution in [3.8, 4) is 5.75 Å². The van der Waals surface area contributed by atoms with E-state index < -0.39 is 11.6 Å². The predicted molar refractivity (Wildman–Crippen MR) is 72.3 cm³/mol. The summed E-state index contributed by atoms with van der Waals surface area (Å²) >= 11 is 3.15. The summed E-state index contributed by atoms with van der Waals surface area (Å²) in [7, 11) is 0. The number of aryl methyl sites for hydroxylation is 1. The van der Waals surface area contributed by atoms with E-state index in [1.807, 2.05) is 13.0 Å². The minimum absolute atomic E-state index is 0.0795. The van der Waals surface area contributed by atoms with Crippen molar-refractivity contribution in [2.45, 2.75) is 18.9 Å². The van der Waals surface area contributed by atoms with Gasteiger partial charge in [0.25, 0.3) is 0 Å². The maximum absolute atomic E-state index is 13.7. The highest BCUT2D eigenvalue weighted by atomic mass is 79.9. The van der Waals surface area contributed by atoms with Gasteiger partial charge in [0.15, 0.2) is 17.4 Å². The lowest BCUT2D eigenvalue weighted by atomic mass is 10.2. The quantitative estimate of drug-likeness (QED) is 0.787. The molecule has 1 heterocycles. The number of rotatable bonds is 4. The van der Waals surface area contributed by atoms with Crippen molar-refractivity contribution in [1.29, 1.82) is 0 Å². The molecule has 0 N–H and O–H groups in total. The Morgan fingerprint density at radius 3 is 2.37 bits per heavy atom. The highest BCUT2D eigenvalue weighted by Gasteiger charge is 2.12.